The molecule has 0 aromatic carbocycles. The van der Waals surface area contributed by atoms with Crippen molar-refractivity contribution in [2.75, 3.05) is 6.54 Å². The predicted molar refractivity (Wildman–Crippen MR) is 69.8 cm³/mol. The van der Waals surface area contributed by atoms with Crippen LogP contribution in [0.25, 0.3) is 0 Å². The third-order valence-corrected chi connectivity index (χ3v) is 4.12. The maximum Gasteiger partial charge on any atom is 0.274 e. The Balaban J connectivity index is 1.83. The monoisotopic (exact) mass is 279 g/mol. The van der Waals surface area contributed by atoms with Gasteiger partial charge in [0.05, 0.1) is 12.4 Å². The van der Waals surface area contributed by atoms with Crippen molar-refractivity contribution in [1.29, 1.82) is 0 Å². The van der Waals surface area contributed by atoms with Gasteiger partial charge in [0, 0.05) is 18.0 Å². The van der Waals surface area contributed by atoms with E-state index in [0.29, 0.717) is 12.2 Å². The van der Waals surface area contributed by atoms with Gasteiger partial charge in [-0.3, -0.25) is 9.78 Å². The van der Waals surface area contributed by atoms with E-state index in [1.165, 1.54) is 22.8 Å². The normalized spacial score (nSPS) is 14.4. The van der Waals surface area contributed by atoms with Crippen LogP contribution in [0.1, 0.15) is 20.9 Å². The summed E-state index contributed by atoms with van der Waals surface area (Å²) in [5.41, 5.74) is 1.54. The highest BCUT2D eigenvalue weighted by Crippen LogP contribution is 2.24. The first-order chi connectivity index (χ1) is 8.74. The summed E-state index contributed by atoms with van der Waals surface area (Å²) in [6.07, 6.45) is 3.79. The molecule has 0 radical (unpaired) electrons. The Hall–Kier alpha value is -1.46. The highest BCUT2D eigenvalue weighted by Gasteiger charge is 2.23. The molecule has 4 nitrogen and oxygen atoms in total. The quantitative estimate of drug-likeness (QED) is 0.805. The van der Waals surface area contributed by atoms with Gasteiger partial charge in [0.1, 0.15) is 10.8 Å². The van der Waals surface area contributed by atoms with Crippen molar-refractivity contribution in [2.24, 2.45) is 0 Å². The average Bonchev–Trinajstić information content (AvgIpc) is 2.85. The van der Waals surface area contributed by atoms with Gasteiger partial charge in [-0.05, 0) is 23.4 Å². The summed E-state index contributed by atoms with van der Waals surface area (Å²) in [5, 5.41) is 2.31. The van der Waals surface area contributed by atoms with Crippen molar-refractivity contribution in [3.63, 3.8) is 0 Å². The van der Waals surface area contributed by atoms with E-state index >= 15 is 0 Å². The first-order valence-electron chi connectivity index (χ1n) is 5.56. The van der Waals surface area contributed by atoms with E-state index in [1.807, 2.05) is 0 Å². The van der Waals surface area contributed by atoms with Crippen molar-refractivity contribution >= 4 is 28.8 Å². The number of aromatic nitrogens is 2. The van der Waals surface area contributed by atoms with Gasteiger partial charge in [-0.25, -0.2) is 4.98 Å². The second-order valence-corrected chi connectivity index (χ2v) is 5.46. The minimum Gasteiger partial charge on any atom is -0.333 e. The first-order valence-corrected chi connectivity index (χ1v) is 6.82. The van der Waals surface area contributed by atoms with Crippen LogP contribution in [-0.2, 0) is 13.0 Å². The molecule has 0 spiro atoms. The molecule has 0 saturated heterocycles. The number of amides is 1. The number of rotatable bonds is 1. The van der Waals surface area contributed by atoms with E-state index in [2.05, 4.69) is 21.4 Å². The Kier molecular flexibility index (Phi) is 3.01. The summed E-state index contributed by atoms with van der Waals surface area (Å²) in [6, 6.07) is 2.07. The zero-order valence-electron chi connectivity index (χ0n) is 9.47. The molecule has 1 aliphatic heterocycles. The Labute approximate surface area is 113 Å². The number of thiophene rings is 1. The first kappa shape index (κ1) is 11.6. The number of carbonyl (C=O) groups is 1. The maximum absolute atomic E-state index is 12.3. The van der Waals surface area contributed by atoms with E-state index in [-0.39, 0.29) is 11.1 Å². The van der Waals surface area contributed by atoms with Gasteiger partial charge in [0.25, 0.3) is 5.91 Å². The Morgan fingerprint density at radius 3 is 3.17 bits per heavy atom. The zero-order valence-corrected chi connectivity index (χ0v) is 11.0. The molecule has 0 aliphatic carbocycles. The van der Waals surface area contributed by atoms with Crippen molar-refractivity contribution in [3.8, 4) is 0 Å². The number of carbonyl (C=O) groups excluding carboxylic acids is 1. The molecule has 0 bridgehead atoms. The third-order valence-electron chi connectivity index (χ3n) is 2.92. The summed E-state index contributed by atoms with van der Waals surface area (Å²) in [7, 11) is 0. The minimum atomic E-state index is -0.109. The van der Waals surface area contributed by atoms with Crippen molar-refractivity contribution in [1.82, 2.24) is 14.9 Å². The summed E-state index contributed by atoms with van der Waals surface area (Å²) in [4.78, 5) is 23.3. The van der Waals surface area contributed by atoms with Gasteiger partial charge in [-0.2, -0.15) is 0 Å². The van der Waals surface area contributed by atoms with Crippen LogP contribution in [0.2, 0.25) is 5.15 Å². The Morgan fingerprint density at radius 2 is 2.33 bits per heavy atom. The van der Waals surface area contributed by atoms with Gasteiger partial charge in [0.2, 0.25) is 0 Å². The van der Waals surface area contributed by atoms with Gasteiger partial charge >= 0.3 is 0 Å². The van der Waals surface area contributed by atoms with Crippen LogP contribution in [0, 0.1) is 0 Å². The topological polar surface area (TPSA) is 46.1 Å². The van der Waals surface area contributed by atoms with Crippen molar-refractivity contribution in [3.05, 3.63) is 45.1 Å². The second kappa shape index (κ2) is 4.66. The molecule has 0 fully saturated rings. The Morgan fingerprint density at radius 1 is 1.44 bits per heavy atom. The smallest absolute Gasteiger partial charge is 0.274 e. The molecule has 0 atom stereocenters. The van der Waals surface area contributed by atoms with Crippen LogP contribution < -0.4 is 0 Å². The number of nitrogens with zero attached hydrogens (tertiary/aromatic N) is 3. The average molecular weight is 280 g/mol. The van der Waals surface area contributed by atoms with E-state index in [9.17, 15) is 4.79 Å². The molecule has 3 heterocycles. The summed E-state index contributed by atoms with van der Waals surface area (Å²) < 4.78 is 0. The molecule has 1 aliphatic rings. The molecular formula is C12H10ClN3OS. The van der Waals surface area contributed by atoms with Crippen LogP contribution in [-0.4, -0.2) is 27.3 Å². The SMILES string of the molecule is O=C(c1cncc(Cl)n1)N1CCc2sccc2C1. The molecule has 1 amide bonds. The van der Waals surface area contributed by atoms with E-state index in [4.69, 9.17) is 11.6 Å². The molecule has 0 unspecified atom stereocenters. The molecule has 0 N–H and O–H groups in total. The fourth-order valence-electron chi connectivity index (χ4n) is 2.03. The summed E-state index contributed by atoms with van der Waals surface area (Å²) in [5.74, 6) is -0.109. The van der Waals surface area contributed by atoms with Gasteiger partial charge < -0.3 is 4.90 Å². The van der Waals surface area contributed by atoms with Crippen LogP contribution in [0.4, 0.5) is 0 Å². The lowest BCUT2D eigenvalue weighted by molar-refractivity contribution is 0.0729. The fraction of sp³-hybridized carbons (Fsp3) is 0.250. The van der Waals surface area contributed by atoms with Crippen LogP contribution in [0.5, 0.6) is 0 Å². The summed E-state index contributed by atoms with van der Waals surface area (Å²) in [6.45, 7) is 1.37. The van der Waals surface area contributed by atoms with E-state index in [0.717, 1.165) is 13.0 Å². The highest BCUT2D eigenvalue weighted by molar-refractivity contribution is 7.10. The standard InChI is InChI=1S/C12H10ClN3OS/c13-11-6-14-5-9(15-11)12(17)16-3-1-10-8(7-16)2-4-18-10/h2,4-6H,1,3,7H2. The molecular weight excluding hydrogens is 270 g/mol. The molecule has 18 heavy (non-hydrogen) atoms. The molecule has 2 aromatic heterocycles. The van der Waals surface area contributed by atoms with Crippen molar-refractivity contribution in [2.45, 2.75) is 13.0 Å². The van der Waals surface area contributed by atoms with E-state index < -0.39 is 0 Å². The van der Waals surface area contributed by atoms with Gasteiger partial charge in [-0.15, -0.1) is 11.3 Å². The lowest BCUT2D eigenvalue weighted by Crippen LogP contribution is -2.35. The lowest BCUT2D eigenvalue weighted by atomic mass is 10.1. The highest BCUT2D eigenvalue weighted by atomic mass is 35.5. The van der Waals surface area contributed by atoms with Crippen molar-refractivity contribution < 1.29 is 4.79 Å². The van der Waals surface area contributed by atoms with E-state index in [1.54, 1.807) is 16.2 Å². The third kappa shape index (κ3) is 2.11. The molecule has 3 rings (SSSR count). The molecule has 92 valence electrons. The number of fused-ring (bicyclic) bond motifs is 1. The number of halogens is 1. The number of hydrogen-bond donors (Lipinski definition) is 0. The lowest BCUT2D eigenvalue weighted by Gasteiger charge is -2.26. The zero-order chi connectivity index (χ0) is 12.5. The van der Waals surface area contributed by atoms with Gasteiger partial charge in [0.15, 0.2) is 0 Å². The van der Waals surface area contributed by atoms with Crippen LogP contribution in [0.3, 0.4) is 0 Å². The second-order valence-electron chi connectivity index (χ2n) is 4.07. The maximum atomic E-state index is 12.3. The molecule has 0 saturated carbocycles. The van der Waals surface area contributed by atoms with Gasteiger partial charge in [-0.1, -0.05) is 11.6 Å². The van der Waals surface area contributed by atoms with Crippen LogP contribution >= 0.6 is 22.9 Å². The fourth-order valence-corrected chi connectivity index (χ4v) is 3.07. The molecule has 2 aromatic rings. The van der Waals surface area contributed by atoms with Crippen LogP contribution in [0.15, 0.2) is 23.8 Å². The predicted octanol–water partition coefficient (Wildman–Crippen LogP) is 2.39. The Bertz CT molecular complexity index is 599. The summed E-state index contributed by atoms with van der Waals surface area (Å²) >= 11 is 7.50. The largest absolute Gasteiger partial charge is 0.333 e. The molecule has 6 heteroatoms. The number of hydrogen-bond acceptors (Lipinski definition) is 4. The minimum absolute atomic E-state index is 0.109.